The summed E-state index contributed by atoms with van der Waals surface area (Å²) in [6.45, 7) is 4.46. The fraction of sp³-hybridized carbons (Fsp3) is 0.211. The zero-order valence-corrected chi connectivity index (χ0v) is 17.7. The minimum atomic E-state index is -0.351. The molecule has 0 spiro atoms. The van der Waals surface area contributed by atoms with Gasteiger partial charge in [-0.1, -0.05) is 49.2 Å². The summed E-state index contributed by atoms with van der Waals surface area (Å²) in [5.41, 5.74) is 0.984. The van der Waals surface area contributed by atoms with Crippen LogP contribution in [0.15, 0.2) is 46.9 Å². The molecule has 0 aliphatic carbocycles. The molecule has 0 bridgehead atoms. The van der Waals surface area contributed by atoms with E-state index < -0.39 is 0 Å². The van der Waals surface area contributed by atoms with Gasteiger partial charge in [0.25, 0.3) is 5.91 Å². The van der Waals surface area contributed by atoms with Gasteiger partial charge in [0, 0.05) is 15.1 Å². The first-order valence-corrected chi connectivity index (χ1v) is 9.76. The van der Waals surface area contributed by atoms with Gasteiger partial charge in [0.15, 0.2) is 5.82 Å². The van der Waals surface area contributed by atoms with Crippen LogP contribution in [-0.4, -0.2) is 27.3 Å². The van der Waals surface area contributed by atoms with Crippen molar-refractivity contribution in [2.45, 2.75) is 13.8 Å². The van der Waals surface area contributed by atoms with Gasteiger partial charge in [-0.2, -0.15) is 9.67 Å². The van der Waals surface area contributed by atoms with Crippen molar-refractivity contribution in [3.05, 3.63) is 62.5 Å². The minimum Gasteiger partial charge on any atom is -0.462 e. The Morgan fingerprint density at radius 1 is 1.22 bits per heavy atom. The van der Waals surface area contributed by atoms with Gasteiger partial charge in [-0.05, 0) is 52.2 Å². The molecule has 0 radical (unpaired) electrons. The second kappa shape index (κ2) is 8.42. The van der Waals surface area contributed by atoms with Crippen LogP contribution in [-0.2, 0) is 0 Å². The van der Waals surface area contributed by atoms with Crippen LogP contribution in [0, 0.1) is 5.92 Å². The average molecular weight is 469 g/mol. The van der Waals surface area contributed by atoms with E-state index in [0.29, 0.717) is 38.2 Å². The summed E-state index contributed by atoms with van der Waals surface area (Å²) >= 11 is 15.7. The maximum Gasteiger partial charge on any atom is 0.336 e. The van der Waals surface area contributed by atoms with Crippen LogP contribution >= 0.6 is 39.1 Å². The first-order chi connectivity index (χ1) is 12.9. The third kappa shape index (κ3) is 4.51. The summed E-state index contributed by atoms with van der Waals surface area (Å²) in [6.07, 6.45) is 0. The largest absolute Gasteiger partial charge is 0.462 e. The summed E-state index contributed by atoms with van der Waals surface area (Å²) in [4.78, 5) is 17.5. The van der Waals surface area contributed by atoms with Crippen LogP contribution < -0.4 is 4.74 Å². The lowest BCUT2D eigenvalue weighted by atomic mass is 10.2. The molecule has 0 saturated heterocycles. The van der Waals surface area contributed by atoms with E-state index in [1.165, 1.54) is 4.68 Å². The Morgan fingerprint density at radius 2 is 1.96 bits per heavy atom. The van der Waals surface area contributed by atoms with Crippen molar-refractivity contribution in [2.75, 3.05) is 6.61 Å². The molecule has 0 N–H and O–H groups in total. The minimum absolute atomic E-state index is 0.116. The van der Waals surface area contributed by atoms with E-state index >= 15 is 0 Å². The van der Waals surface area contributed by atoms with Gasteiger partial charge >= 0.3 is 6.01 Å². The number of rotatable bonds is 5. The van der Waals surface area contributed by atoms with Crippen LogP contribution in [0.4, 0.5) is 0 Å². The highest BCUT2D eigenvalue weighted by Crippen LogP contribution is 2.31. The number of hydrogen-bond acceptors (Lipinski definition) is 4. The number of halogens is 3. The van der Waals surface area contributed by atoms with E-state index in [-0.39, 0.29) is 17.7 Å². The van der Waals surface area contributed by atoms with E-state index in [2.05, 4.69) is 26.0 Å². The molecule has 0 unspecified atom stereocenters. The molecule has 3 aromatic rings. The number of hydrogen-bond donors (Lipinski definition) is 0. The Morgan fingerprint density at radius 3 is 2.63 bits per heavy atom. The van der Waals surface area contributed by atoms with E-state index in [1.54, 1.807) is 36.4 Å². The van der Waals surface area contributed by atoms with Gasteiger partial charge < -0.3 is 4.74 Å². The molecule has 140 valence electrons. The zero-order valence-electron chi connectivity index (χ0n) is 14.6. The number of carbonyl (C=O) groups excluding carboxylic acids is 1. The smallest absolute Gasteiger partial charge is 0.336 e. The number of nitrogens with zero attached hydrogens (tertiary/aromatic N) is 3. The molecule has 5 nitrogen and oxygen atoms in total. The van der Waals surface area contributed by atoms with E-state index in [9.17, 15) is 4.79 Å². The van der Waals surface area contributed by atoms with Crippen molar-refractivity contribution < 1.29 is 9.53 Å². The molecule has 3 rings (SSSR count). The number of carbonyl (C=O) groups is 1. The maximum absolute atomic E-state index is 13.1. The predicted octanol–water partition coefficient (Wildman–Crippen LogP) is 5.74. The summed E-state index contributed by atoms with van der Waals surface area (Å²) in [6, 6.07) is 12.2. The molecule has 0 saturated carbocycles. The van der Waals surface area contributed by atoms with Crippen molar-refractivity contribution in [3.63, 3.8) is 0 Å². The van der Waals surface area contributed by atoms with E-state index in [1.807, 2.05) is 19.9 Å². The molecule has 27 heavy (non-hydrogen) atoms. The van der Waals surface area contributed by atoms with Crippen LogP contribution in [0.5, 0.6) is 6.01 Å². The van der Waals surface area contributed by atoms with E-state index in [4.69, 9.17) is 27.9 Å². The van der Waals surface area contributed by atoms with E-state index in [0.717, 1.165) is 0 Å². The van der Waals surface area contributed by atoms with Crippen LogP contribution in [0.25, 0.3) is 11.4 Å². The third-order valence-corrected chi connectivity index (χ3v) is 4.84. The number of ether oxygens (including phenoxy) is 1. The van der Waals surface area contributed by atoms with Gasteiger partial charge in [-0.3, -0.25) is 4.79 Å². The Kier molecular flexibility index (Phi) is 6.19. The zero-order chi connectivity index (χ0) is 19.6. The van der Waals surface area contributed by atoms with Crippen LogP contribution in [0.3, 0.4) is 0 Å². The molecule has 0 atom stereocenters. The summed E-state index contributed by atoms with van der Waals surface area (Å²) < 4.78 is 7.47. The second-order valence-electron chi connectivity index (χ2n) is 6.24. The Hall–Kier alpha value is -1.89. The van der Waals surface area contributed by atoms with Gasteiger partial charge in [-0.25, -0.2) is 0 Å². The molecular formula is C19H16BrCl2N3O2. The lowest BCUT2D eigenvalue weighted by Gasteiger charge is -2.07. The Balaban J connectivity index is 2.10. The molecular weight excluding hydrogens is 453 g/mol. The Labute approximate surface area is 175 Å². The number of benzene rings is 2. The average Bonchev–Trinajstić information content (AvgIpc) is 3.04. The van der Waals surface area contributed by atoms with Crippen molar-refractivity contribution in [3.8, 4) is 17.4 Å². The highest BCUT2D eigenvalue weighted by molar-refractivity contribution is 9.10. The topological polar surface area (TPSA) is 57.0 Å². The Bertz CT molecular complexity index is 989. The molecule has 0 aliphatic rings. The van der Waals surface area contributed by atoms with Gasteiger partial charge in [-0.15, -0.1) is 5.10 Å². The van der Waals surface area contributed by atoms with Crippen molar-refractivity contribution in [2.24, 2.45) is 5.92 Å². The fourth-order valence-corrected chi connectivity index (χ4v) is 3.28. The van der Waals surface area contributed by atoms with Gasteiger partial charge in [0.05, 0.1) is 17.2 Å². The highest BCUT2D eigenvalue weighted by atomic mass is 79.9. The monoisotopic (exact) mass is 467 g/mol. The molecule has 0 amide bonds. The molecule has 1 aromatic heterocycles. The fourth-order valence-electron chi connectivity index (χ4n) is 2.33. The van der Waals surface area contributed by atoms with Crippen LogP contribution in [0.1, 0.15) is 24.2 Å². The van der Waals surface area contributed by atoms with Crippen molar-refractivity contribution >= 4 is 45.0 Å². The van der Waals surface area contributed by atoms with Crippen LogP contribution in [0.2, 0.25) is 10.0 Å². The molecule has 0 aliphatic heterocycles. The summed E-state index contributed by atoms with van der Waals surface area (Å²) in [5.74, 6) is 0.227. The van der Waals surface area contributed by atoms with Gasteiger partial charge in [0.1, 0.15) is 0 Å². The highest BCUT2D eigenvalue weighted by Gasteiger charge is 2.23. The summed E-state index contributed by atoms with van der Waals surface area (Å²) in [5, 5.41) is 5.12. The second-order valence-corrected chi connectivity index (χ2v) is 7.94. The first kappa shape index (κ1) is 19.9. The molecule has 2 aromatic carbocycles. The summed E-state index contributed by atoms with van der Waals surface area (Å²) in [7, 11) is 0. The van der Waals surface area contributed by atoms with Crippen molar-refractivity contribution in [1.29, 1.82) is 0 Å². The maximum atomic E-state index is 13.1. The number of aromatic nitrogens is 3. The predicted molar refractivity (Wildman–Crippen MR) is 110 cm³/mol. The molecule has 1 heterocycles. The molecule has 8 heteroatoms. The SMILES string of the molecule is CC(C)COc1nc(-c2ccc(Cl)cc2Cl)n(C(=O)c2ccccc2Br)n1. The quantitative estimate of drug-likeness (QED) is 0.479. The normalized spacial score (nSPS) is 11.0. The molecule has 0 fully saturated rings. The lowest BCUT2D eigenvalue weighted by Crippen LogP contribution is -2.16. The standard InChI is InChI=1S/C19H16BrCl2N3O2/c1-11(2)10-27-19-23-17(14-8-7-12(21)9-16(14)22)25(24-19)18(26)13-5-3-4-6-15(13)20/h3-9,11H,10H2,1-2H3. The lowest BCUT2D eigenvalue weighted by molar-refractivity contribution is 0.0943. The first-order valence-electron chi connectivity index (χ1n) is 8.21. The van der Waals surface area contributed by atoms with Gasteiger partial charge in [0.2, 0.25) is 0 Å². The third-order valence-electron chi connectivity index (χ3n) is 3.60. The van der Waals surface area contributed by atoms with Crippen molar-refractivity contribution in [1.82, 2.24) is 14.8 Å².